The monoisotopic (exact) mass is 367 g/mol. The summed E-state index contributed by atoms with van der Waals surface area (Å²) in [5.41, 5.74) is 2.76. The van der Waals surface area contributed by atoms with Crippen molar-refractivity contribution in [1.29, 1.82) is 0 Å². The minimum atomic E-state index is -0.274. The molecule has 1 aliphatic heterocycles. The van der Waals surface area contributed by atoms with Gasteiger partial charge >= 0.3 is 0 Å². The summed E-state index contributed by atoms with van der Waals surface area (Å²) < 4.78 is 15.0. The van der Waals surface area contributed by atoms with Crippen molar-refractivity contribution >= 4 is 17.5 Å². The maximum atomic E-state index is 13.0. The Balaban J connectivity index is 1.44. The Labute approximate surface area is 157 Å². The summed E-state index contributed by atoms with van der Waals surface area (Å²) in [4.78, 5) is 14.8. The molecule has 4 rings (SSSR count). The van der Waals surface area contributed by atoms with Gasteiger partial charge in [-0.1, -0.05) is 18.2 Å². The van der Waals surface area contributed by atoms with Crippen LogP contribution in [0.3, 0.4) is 0 Å². The molecule has 1 amide bonds. The number of amides is 1. The number of aryl methyl sites for hydroxylation is 1. The van der Waals surface area contributed by atoms with Crippen LogP contribution in [0.1, 0.15) is 24.1 Å². The van der Waals surface area contributed by atoms with E-state index in [0.717, 1.165) is 42.2 Å². The number of hydrogen-bond donors (Lipinski definition) is 1. The highest BCUT2D eigenvalue weighted by molar-refractivity contribution is 5.79. The number of carbonyl (C=O) groups excluding carboxylic acids is 1. The highest BCUT2D eigenvalue weighted by Gasteiger charge is 2.28. The average Bonchev–Trinajstić information content (AvgIpc) is 3.13. The van der Waals surface area contributed by atoms with Crippen LogP contribution in [0, 0.1) is 18.7 Å². The molecule has 1 N–H and O–H groups in total. The van der Waals surface area contributed by atoms with Crippen molar-refractivity contribution in [3.05, 3.63) is 59.5 Å². The third-order valence-corrected chi connectivity index (χ3v) is 5.06. The molecule has 0 bridgehead atoms. The normalized spacial score (nSPS) is 17.3. The number of benzene rings is 1. The van der Waals surface area contributed by atoms with Crippen LogP contribution in [0.15, 0.2) is 42.5 Å². The summed E-state index contributed by atoms with van der Waals surface area (Å²) in [7, 11) is 0. The van der Waals surface area contributed by atoms with Crippen LogP contribution in [0.25, 0.3) is 5.65 Å². The molecule has 0 radical (unpaired) electrons. The van der Waals surface area contributed by atoms with Gasteiger partial charge in [0.1, 0.15) is 5.82 Å². The lowest BCUT2D eigenvalue weighted by atomic mass is 9.97. The van der Waals surface area contributed by atoms with Crippen molar-refractivity contribution in [2.24, 2.45) is 5.92 Å². The number of hydrogen-bond acceptors (Lipinski definition) is 4. The topological polar surface area (TPSA) is 62.5 Å². The van der Waals surface area contributed by atoms with E-state index in [4.69, 9.17) is 0 Å². The van der Waals surface area contributed by atoms with E-state index in [2.05, 4.69) is 20.4 Å². The first-order valence-corrected chi connectivity index (χ1v) is 9.19. The molecular weight excluding hydrogens is 345 g/mol. The fourth-order valence-corrected chi connectivity index (χ4v) is 3.60. The van der Waals surface area contributed by atoms with E-state index in [1.807, 2.05) is 29.5 Å². The first-order chi connectivity index (χ1) is 13.1. The number of rotatable bonds is 4. The van der Waals surface area contributed by atoms with Gasteiger partial charge in [-0.2, -0.15) is 0 Å². The Morgan fingerprint density at radius 2 is 2.04 bits per heavy atom. The van der Waals surface area contributed by atoms with E-state index in [1.54, 1.807) is 12.1 Å². The molecule has 3 heterocycles. The van der Waals surface area contributed by atoms with Crippen LogP contribution in [0.5, 0.6) is 0 Å². The van der Waals surface area contributed by atoms with Crippen molar-refractivity contribution in [2.75, 3.05) is 18.0 Å². The van der Waals surface area contributed by atoms with Crippen LogP contribution in [0.2, 0.25) is 0 Å². The molecule has 1 aromatic carbocycles. The Kier molecular flexibility index (Phi) is 4.75. The van der Waals surface area contributed by atoms with E-state index < -0.39 is 0 Å². The minimum Gasteiger partial charge on any atom is -0.352 e. The molecule has 140 valence electrons. The SMILES string of the molecule is Cc1cccc2nnc(N3CCC[C@H](C(=O)NCc4ccc(F)cc4)C3)n12. The van der Waals surface area contributed by atoms with Gasteiger partial charge in [-0.05, 0) is 49.6 Å². The van der Waals surface area contributed by atoms with E-state index >= 15 is 0 Å². The summed E-state index contributed by atoms with van der Waals surface area (Å²) in [6.07, 6.45) is 1.77. The van der Waals surface area contributed by atoms with Gasteiger partial charge in [0, 0.05) is 25.3 Å². The zero-order chi connectivity index (χ0) is 18.8. The highest BCUT2D eigenvalue weighted by Crippen LogP contribution is 2.23. The lowest BCUT2D eigenvalue weighted by molar-refractivity contribution is -0.125. The maximum Gasteiger partial charge on any atom is 0.231 e. The number of pyridine rings is 1. The van der Waals surface area contributed by atoms with Gasteiger partial charge < -0.3 is 10.2 Å². The number of aromatic nitrogens is 3. The third kappa shape index (κ3) is 3.63. The van der Waals surface area contributed by atoms with Crippen LogP contribution in [-0.2, 0) is 11.3 Å². The molecule has 1 saturated heterocycles. The second kappa shape index (κ2) is 7.34. The Morgan fingerprint density at radius 1 is 1.22 bits per heavy atom. The number of nitrogens with zero attached hydrogens (tertiary/aromatic N) is 4. The number of nitrogens with one attached hydrogen (secondary N) is 1. The predicted molar refractivity (Wildman–Crippen MR) is 101 cm³/mol. The fraction of sp³-hybridized carbons (Fsp3) is 0.350. The molecule has 7 heteroatoms. The number of anilines is 1. The molecule has 0 unspecified atom stereocenters. The third-order valence-electron chi connectivity index (χ3n) is 5.06. The van der Waals surface area contributed by atoms with E-state index in [0.29, 0.717) is 13.1 Å². The van der Waals surface area contributed by atoms with Crippen molar-refractivity contribution in [3.8, 4) is 0 Å². The fourth-order valence-electron chi connectivity index (χ4n) is 3.60. The summed E-state index contributed by atoms with van der Waals surface area (Å²) >= 11 is 0. The molecule has 0 spiro atoms. The van der Waals surface area contributed by atoms with Gasteiger partial charge in [0.2, 0.25) is 11.9 Å². The van der Waals surface area contributed by atoms with E-state index in [-0.39, 0.29) is 17.6 Å². The van der Waals surface area contributed by atoms with Crippen LogP contribution in [0.4, 0.5) is 10.3 Å². The summed E-state index contributed by atoms with van der Waals surface area (Å²) in [5, 5.41) is 11.6. The molecular formula is C20H22FN5O. The van der Waals surface area contributed by atoms with Gasteiger partial charge in [-0.15, -0.1) is 10.2 Å². The molecule has 0 saturated carbocycles. The van der Waals surface area contributed by atoms with Crippen molar-refractivity contribution in [1.82, 2.24) is 19.9 Å². The molecule has 6 nitrogen and oxygen atoms in total. The predicted octanol–water partition coefficient (Wildman–Crippen LogP) is 2.71. The van der Waals surface area contributed by atoms with Gasteiger partial charge in [-0.3, -0.25) is 9.20 Å². The van der Waals surface area contributed by atoms with Crippen LogP contribution < -0.4 is 10.2 Å². The van der Waals surface area contributed by atoms with Crippen LogP contribution in [-0.4, -0.2) is 33.6 Å². The maximum absolute atomic E-state index is 13.0. The molecule has 0 aliphatic carbocycles. The second-order valence-electron chi connectivity index (χ2n) is 6.99. The molecule has 2 aromatic heterocycles. The number of carbonyl (C=O) groups is 1. The molecule has 1 fully saturated rings. The van der Waals surface area contributed by atoms with Crippen molar-refractivity contribution in [2.45, 2.75) is 26.3 Å². The number of piperidine rings is 1. The largest absolute Gasteiger partial charge is 0.352 e. The lowest BCUT2D eigenvalue weighted by Gasteiger charge is -2.32. The molecule has 1 atom stereocenters. The summed E-state index contributed by atoms with van der Waals surface area (Å²) in [5.74, 6) is 0.438. The Bertz CT molecular complexity index is 953. The first kappa shape index (κ1) is 17.5. The minimum absolute atomic E-state index is 0.0227. The molecule has 1 aliphatic rings. The van der Waals surface area contributed by atoms with Crippen LogP contribution >= 0.6 is 0 Å². The molecule has 27 heavy (non-hydrogen) atoms. The van der Waals surface area contributed by atoms with Gasteiger partial charge in [0.25, 0.3) is 0 Å². The smallest absolute Gasteiger partial charge is 0.231 e. The second-order valence-corrected chi connectivity index (χ2v) is 6.99. The standard InChI is InChI=1S/C20H22FN5O/c1-14-4-2-6-18-23-24-20(26(14)18)25-11-3-5-16(13-25)19(27)22-12-15-7-9-17(21)10-8-15/h2,4,6-10,16H,3,5,11-13H2,1H3,(H,22,27)/t16-/m0/s1. The number of fused-ring (bicyclic) bond motifs is 1. The molecule has 3 aromatic rings. The van der Waals surface area contributed by atoms with Gasteiger partial charge in [-0.25, -0.2) is 4.39 Å². The van der Waals surface area contributed by atoms with Gasteiger partial charge in [0.15, 0.2) is 5.65 Å². The Morgan fingerprint density at radius 3 is 2.85 bits per heavy atom. The quantitative estimate of drug-likeness (QED) is 0.770. The van der Waals surface area contributed by atoms with Gasteiger partial charge in [0.05, 0.1) is 5.92 Å². The van der Waals surface area contributed by atoms with Crippen molar-refractivity contribution in [3.63, 3.8) is 0 Å². The highest BCUT2D eigenvalue weighted by atomic mass is 19.1. The van der Waals surface area contributed by atoms with Crippen molar-refractivity contribution < 1.29 is 9.18 Å². The van der Waals surface area contributed by atoms with E-state index in [9.17, 15) is 9.18 Å². The Hall–Kier alpha value is -2.96. The lowest BCUT2D eigenvalue weighted by Crippen LogP contribution is -2.43. The summed E-state index contributed by atoms with van der Waals surface area (Å²) in [6, 6.07) is 12.1. The van der Waals surface area contributed by atoms with E-state index in [1.165, 1.54) is 12.1 Å². The summed E-state index contributed by atoms with van der Waals surface area (Å²) in [6.45, 7) is 3.90. The number of halogens is 1. The zero-order valence-electron chi connectivity index (χ0n) is 15.2. The zero-order valence-corrected chi connectivity index (χ0v) is 15.2. The average molecular weight is 367 g/mol. The first-order valence-electron chi connectivity index (χ1n) is 9.19.